The predicted molar refractivity (Wildman–Crippen MR) is 73.8 cm³/mol. The lowest BCUT2D eigenvalue weighted by Crippen LogP contribution is -2.20. The lowest BCUT2D eigenvalue weighted by Gasteiger charge is -2.06. The van der Waals surface area contributed by atoms with Crippen molar-refractivity contribution in [2.75, 3.05) is 7.05 Å². The molecule has 1 heterocycles. The van der Waals surface area contributed by atoms with E-state index in [9.17, 15) is 14.0 Å². The van der Waals surface area contributed by atoms with Gasteiger partial charge in [-0.2, -0.15) is 0 Å². The quantitative estimate of drug-likeness (QED) is 0.900. The Bertz CT molecular complexity index is 684. The minimum absolute atomic E-state index is 0.0132. The largest absolute Gasteiger partial charge is 0.478 e. The molecule has 0 atom stereocenters. The van der Waals surface area contributed by atoms with Crippen LogP contribution in [0.25, 0.3) is 0 Å². The molecule has 0 saturated carbocycles. The van der Waals surface area contributed by atoms with Gasteiger partial charge >= 0.3 is 5.97 Å². The fraction of sp³-hybridized carbons (Fsp3) is 0.133. The van der Waals surface area contributed by atoms with Crippen molar-refractivity contribution in [3.63, 3.8) is 0 Å². The van der Waals surface area contributed by atoms with E-state index in [2.05, 4.69) is 10.3 Å². The molecule has 21 heavy (non-hydrogen) atoms. The highest BCUT2D eigenvalue weighted by Crippen LogP contribution is 2.12. The van der Waals surface area contributed by atoms with Gasteiger partial charge in [0.2, 0.25) is 0 Å². The summed E-state index contributed by atoms with van der Waals surface area (Å²) in [6.07, 6.45) is 0.311. The standard InChI is InChI=1S/C15H13FN2O3/c1-17-14(19)13-8-10(15(20)21)7-12(18-13)6-9-2-4-11(16)5-3-9/h2-5,7-8H,6H2,1H3,(H,17,19)(H,20,21). The van der Waals surface area contributed by atoms with Crippen molar-refractivity contribution in [2.45, 2.75) is 6.42 Å². The molecule has 108 valence electrons. The number of pyridine rings is 1. The van der Waals surface area contributed by atoms with Crippen LogP contribution in [-0.2, 0) is 6.42 Å². The van der Waals surface area contributed by atoms with Crippen LogP contribution in [0.4, 0.5) is 4.39 Å². The number of nitrogens with zero attached hydrogens (tertiary/aromatic N) is 1. The summed E-state index contributed by atoms with van der Waals surface area (Å²) in [5.41, 5.74) is 1.23. The van der Waals surface area contributed by atoms with E-state index in [-0.39, 0.29) is 17.1 Å². The number of carbonyl (C=O) groups excluding carboxylic acids is 1. The van der Waals surface area contributed by atoms with E-state index in [1.54, 1.807) is 12.1 Å². The van der Waals surface area contributed by atoms with E-state index in [1.807, 2.05) is 0 Å². The average molecular weight is 288 g/mol. The zero-order chi connectivity index (χ0) is 15.4. The van der Waals surface area contributed by atoms with Crippen molar-refractivity contribution >= 4 is 11.9 Å². The summed E-state index contributed by atoms with van der Waals surface area (Å²) in [6, 6.07) is 8.42. The molecule has 1 aromatic carbocycles. The molecule has 0 unspecified atom stereocenters. The Hall–Kier alpha value is -2.76. The molecule has 2 aromatic rings. The van der Waals surface area contributed by atoms with E-state index >= 15 is 0 Å². The maximum atomic E-state index is 12.9. The third kappa shape index (κ3) is 3.62. The van der Waals surface area contributed by atoms with Gasteiger partial charge in [-0.3, -0.25) is 4.79 Å². The topological polar surface area (TPSA) is 79.3 Å². The summed E-state index contributed by atoms with van der Waals surface area (Å²) in [5.74, 6) is -1.95. The van der Waals surface area contributed by atoms with Crippen LogP contribution in [0.3, 0.4) is 0 Å². The second-order valence-electron chi connectivity index (χ2n) is 4.42. The molecular weight excluding hydrogens is 275 g/mol. The number of hydrogen-bond donors (Lipinski definition) is 2. The first-order valence-corrected chi connectivity index (χ1v) is 6.20. The van der Waals surface area contributed by atoms with Gasteiger partial charge < -0.3 is 10.4 Å². The van der Waals surface area contributed by atoms with E-state index in [4.69, 9.17) is 5.11 Å². The first-order chi connectivity index (χ1) is 9.99. The summed E-state index contributed by atoms with van der Waals surface area (Å²) in [5, 5.41) is 11.5. The molecule has 0 fully saturated rings. The van der Waals surface area contributed by atoms with Gasteiger partial charge in [-0.15, -0.1) is 0 Å². The SMILES string of the molecule is CNC(=O)c1cc(C(=O)O)cc(Cc2ccc(F)cc2)n1. The van der Waals surface area contributed by atoms with Crippen molar-refractivity contribution in [1.82, 2.24) is 10.3 Å². The predicted octanol–water partition coefficient (Wildman–Crippen LogP) is 1.87. The van der Waals surface area contributed by atoms with E-state index in [1.165, 1.54) is 31.3 Å². The highest BCUT2D eigenvalue weighted by molar-refractivity contribution is 5.95. The highest BCUT2D eigenvalue weighted by atomic mass is 19.1. The van der Waals surface area contributed by atoms with Crippen LogP contribution in [0.2, 0.25) is 0 Å². The third-order valence-corrected chi connectivity index (χ3v) is 2.88. The molecule has 2 rings (SSSR count). The molecule has 0 bridgehead atoms. The Labute approximate surface area is 120 Å². The fourth-order valence-corrected chi connectivity index (χ4v) is 1.86. The number of halogens is 1. The van der Waals surface area contributed by atoms with E-state index in [0.29, 0.717) is 12.1 Å². The first kappa shape index (κ1) is 14.6. The second-order valence-corrected chi connectivity index (χ2v) is 4.42. The molecular formula is C15H13FN2O3. The minimum Gasteiger partial charge on any atom is -0.478 e. The van der Waals surface area contributed by atoms with Gasteiger partial charge in [0.15, 0.2) is 0 Å². The maximum absolute atomic E-state index is 12.9. The third-order valence-electron chi connectivity index (χ3n) is 2.88. The van der Waals surface area contributed by atoms with Crippen LogP contribution < -0.4 is 5.32 Å². The van der Waals surface area contributed by atoms with Gasteiger partial charge in [0.05, 0.1) is 5.56 Å². The van der Waals surface area contributed by atoms with Crippen molar-refractivity contribution in [3.05, 3.63) is 64.7 Å². The zero-order valence-electron chi connectivity index (χ0n) is 11.3. The maximum Gasteiger partial charge on any atom is 0.335 e. The molecule has 0 saturated heterocycles. The smallest absolute Gasteiger partial charge is 0.335 e. The highest BCUT2D eigenvalue weighted by Gasteiger charge is 2.13. The summed E-state index contributed by atoms with van der Waals surface area (Å²) >= 11 is 0. The molecule has 0 aliphatic heterocycles. The van der Waals surface area contributed by atoms with Crippen LogP contribution in [0.15, 0.2) is 36.4 Å². The second kappa shape index (κ2) is 6.13. The van der Waals surface area contributed by atoms with Gasteiger partial charge in [-0.1, -0.05) is 12.1 Å². The molecule has 0 aliphatic rings. The number of nitrogens with one attached hydrogen (secondary N) is 1. The van der Waals surface area contributed by atoms with Crippen molar-refractivity contribution in [1.29, 1.82) is 0 Å². The Morgan fingerprint density at radius 1 is 1.24 bits per heavy atom. The Balaban J connectivity index is 2.37. The molecule has 0 radical (unpaired) electrons. The van der Waals surface area contributed by atoms with Crippen LogP contribution >= 0.6 is 0 Å². The molecule has 2 N–H and O–H groups in total. The number of aromatic carboxylic acids is 1. The van der Waals surface area contributed by atoms with Gasteiger partial charge in [-0.05, 0) is 29.8 Å². The van der Waals surface area contributed by atoms with Crippen molar-refractivity contribution in [3.8, 4) is 0 Å². The number of amides is 1. The number of hydrogen-bond acceptors (Lipinski definition) is 3. The van der Waals surface area contributed by atoms with Crippen LogP contribution in [0.5, 0.6) is 0 Å². The lowest BCUT2D eigenvalue weighted by atomic mass is 10.1. The number of aromatic nitrogens is 1. The van der Waals surface area contributed by atoms with Crippen molar-refractivity contribution < 1.29 is 19.1 Å². The Morgan fingerprint density at radius 3 is 2.48 bits per heavy atom. The molecule has 1 aromatic heterocycles. The Morgan fingerprint density at radius 2 is 1.90 bits per heavy atom. The average Bonchev–Trinajstić information content (AvgIpc) is 2.48. The summed E-state index contributed by atoms with van der Waals surface area (Å²) in [4.78, 5) is 26.9. The lowest BCUT2D eigenvalue weighted by molar-refractivity contribution is 0.0696. The number of carboxylic acids is 1. The van der Waals surface area contributed by atoms with E-state index in [0.717, 1.165) is 5.56 Å². The Kier molecular flexibility index (Phi) is 4.27. The molecule has 0 spiro atoms. The number of carbonyl (C=O) groups is 2. The monoisotopic (exact) mass is 288 g/mol. The van der Waals surface area contributed by atoms with Crippen LogP contribution in [-0.4, -0.2) is 29.0 Å². The zero-order valence-corrected chi connectivity index (χ0v) is 11.3. The minimum atomic E-state index is -1.14. The van der Waals surface area contributed by atoms with Gasteiger partial charge in [0.25, 0.3) is 5.91 Å². The normalized spacial score (nSPS) is 10.2. The fourth-order valence-electron chi connectivity index (χ4n) is 1.86. The first-order valence-electron chi connectivity index (χ1n) is 6.20. The summed E-state index contributed by atoms with van der Waals surface area (Å²) in [7, 11) is 1.44. The van der Waals surface area contributed by atoms with Gasteiger partial charge in [-0.25, -0.2) is 14.2 Å². The molecule has 6 heteroatoms. The van der Waals surface area contributed by atoms with E-state index < -0.39 is 11.9 Å². The van der Waals surface area contributed by atoms with Crippen molar-refractivity contribution in [2.24, 2.45) is 0 Å². The molecule has 0 aliphatic carbocycles. The van der Waals surface area contributed by atoms with Crippen LogP contribution in [0, 0.1) is 5.82 Å². The summed E-state index contributed by atoms with van der Waals surface area (Å²) < 4.78 is 12.9. The van der Waals surface area contributed by atoms with Gasteiger partial charge in [0, 0.05) is 19.2 Å². The number of carboxylic acid groups (broad SMARTS) is 1. The number of benzene rings is 1. The number of rotatable bonds is 4. The molecule has 5 nitrogen and oxygen atoms in total. The summed E-state index contributed by atoms with van der Waals surface area (Å²) in [6.45, 7) is 0. The molecule has 1 amide bonds. The van der Waals surface area contributed by atoms with Crippen LogP contribution in [0.1, 0.15) is 32.1 Å². The van der Waals surface area contributed by atoms with Gasteiger partial charge in [0.1, 0.15) is 11.5 Å².